The Labute approximate surface area is 124 Å². The van der Waals surface area contributed by atoms with E-state index in [4.69, 9.17) is 0 Å². The first-order valence-electron chi connectivity index (χ1n) is 6.29. The molecule has 1 amide bonds. The second kappa shape index (κ2) is 8.22. The molecule has 0 aliphatic carbocycles. The highest BCUT2D eigenvalue weighted by Crippen LogP contribution is 2.03. The number of rotatable bonds is 6. The minimum Gasteiger partial charge on any atom is -0.376 e. The van der Waals surface area contributed by atoms with Gasteiger partial charge < -0.3 is 10.6 Å². The van der Waals surface area contributed by atoms with Gasteiger partial charge >= 0.3 is 0 Å². The molecule has 0 radical (unpaired) electrons. The lowest BCUT2D eigenvalue weighted by atomic mass is 10.3. The zero-order valence-electron chi connectivity index (χ0n) is 11.4. The number of nitrogens with zero attached hydrogens (tertiary/aromatic N) is 2. The molecule has 2 rings (SSSR count). The topological polar surface area (TPSA) is 59.0 Å². The number of carbonyl (C=O) groups excluding carboxylic acids is 1. The van der Waals surface area contributed by atoms with Gasteiger partial charge in [-0.05, 0) is 24.6 Å². The second-order valence-corrected chi connectivity index (χ2v) is 4.35. The van der Waals surface area contributed by atoms with E-state index in [-0.39, 0.29) is 24.9 Å². The van der Waals surface area contributed by atoms with E-state index in [0.29, 0.717) is 13.1 Å². The van der Waals surface area contributed by atoms with Crippen LogP contribution < -0.4 is 10.6 Å². The van der Waals surface area contributed by atoms with Gasteiger partial charge in [0.15, 0.2) is 0 Å². The van der Waals surface area contributed by atoms with Crippen LogP contribution in [0.4, 0.5) is 5.69 Å². The number of aryl methyl sites for hydroxylation is 1. The van der Waals surface area contributed by atoms with Gasteiger partial charge in [0.25, 0.3) is 0 Å². The fourth-order valence-corrected chi connectivity index (χ4v) is 1.70. The average Bonchev–Trinajstić information content (AvgIpc) is 2.83. The number of carbonyl (C=O) groups is 1. The van der Waals surface area contributed by atoms with Gasteiger partial charge in [0.1, 0.15) is 0 Å². The molecule has 0 saturated heterocycles. The number of aromatic nitrogens is 2. The van der Waals surface area contributed by atoms with Gasteiger partial charge in [0.2, 0.25) is 5.91 Å². The van der Waals surface area contributed by atoms with Crippen LogP contribution in [0.1, 0.15) is 5.56 Å². The lowest BCUT2D eigenvalue weighted by Gasteiger charge is -2.07. The van der Waals surface area contributed by atoms with Crippen LogP contribution in [0, 0.1) is 6.92 Å². The molecule has 108 valence electrons. The Morgan fingerprint density at radius 3 is 2.70 bits per heavy atom. The minimum absolute atomic E-state index is 0. The Morgan fingerprint density at radius 1 is 1.30 bits per heavy atom. The van der Waals surface area contributed by atoms with Crippen LogP contribution in [0.15, 0.2) is 42.7 Å². The van der Waals surface area contributed by atoms with E-state index in [1.54, 1.807) is 6.20 Å². The van der Waals surface area contributed by atoms with Crippen molar-refractivity contribution in [1.29, 1.82) is 0 Å². The first-order valence-corrected chi connectivity index (χ1v) is 6.29. The van der Waals surface area contributed by atoms with Gasteiger partial charge in [-0.1, -0.05) is 18.2 Å². The van der Waals surface area contributed by atoms with Crippen LogP contribution in [0.2, 0.25) is 0 Å². The first kappa shape index (κ1) is 16.0. The molecule has 1 aromatic heterocycles. The van der Waals surface area contributed by atoms with Crippen molar-refractivity contribution in [3.05, 3.63) is 48.3 Å². The molecule has 20 heavy (non-hydrogen) atoms. The van der Waals surface area contributed by atoms with Crippen molar-refractivity contribution in [2.75, 3.05) is 18.4 Å². The van der Waals surface area contributed by atoms with E-state index >= 15 is 0 Å². The fraction of sp³-hybridized carbons (Fsp3) is 0.286. The van der Waals surface area contributed by atoms with Crippen molar-refractivity contribution >= 4 is 24.0 Å². The molecule has 0 fully saturated rings. The fourth-order valence-electron chi connectivity index (χ4n) is 1.70. The molecule has 0 atom stereocenters. The van der Waals surface area contributed by atoms with Crippen LogP contribution in [0.3, 0.4) is 0 Å². The summed E-state index contributed by atoms with van der Waals surface area (Å²) in [6.07, 6.45) is 3.76. The largest absolute Gasteiger partial charge is 0.376 e. The third-order valence-electron chi connectivity index (χ3n) is 2.65. The minimum atomic E-state index is -0.0206. The third-order valence-corrected chi connectivity index (χ3v) is 2.65. The Bertz CT molecular complexity index is 527. The maximum absolute atomic E-state index is 11.6. The predicted molar refractivity (Wildman–Crippen MR) is 82.2 cm³/mol. The molecule has 2 aromatic rings. The van der Waals surface area contributed by atoms with Crippen molar-refractivity contribution in [1.82, 2.24) is 15.1 Å². The Balaban J connectivity index is 0.00000200. The van der Waals surface area contributed by atoms with Crippen molar-refractivity contribution in [3.8, 4) is 0 Å². The summed E-state index contributed by atoms with van der Waals surface area (Å²) in [5.41, 5.74) is 2.07. The number of hydrogen-bond acceptors (Lipinski definition) is 3. The van der Waals surface area contributed by atoms with Gasteiger partial charge in [0.05, 0.1) is 19.3 Å². The lowest BCUT2D eigenvalue weighted by molar-refractivity contribution is -0.119. The molecule has 0 aliphatic rings. The summed E-state index contributed by atoms with van der Waals surface area (Å²) >= 11 is 0. The predicted octanol–water partition coefficient (Wildman–Crippen LogP) is 1.84. The van der Waals surface area contributed by atoms with Crippen LogP contribution in [0.5, 0.6) is 0 Å². The molecule has 0 aliphatic heterocycles. The summed E-state index contributed by atoms with van der Waals surface area (Å²) < 4.78 is 1.82. The number of nitrogens with one attached hydrogen (secondary N) is 2. The summed E-state index contributed by atoms with van der Waals surface area (Å²) in [6.45, 7) is 3.54. The first-order chi connectivity index (χ1) is 9.24. The molecule has 6 heteroatoms. The van der Waals surface area contributed by atoms with Crippen molar-refractivity contribution in [2.24, 2.45) is 0 Å². The Hall–Kier alpha value is -2.01. The number of anilines is 1. The van der Waals surface area contributed by atoms with E-state index in [2.05, 4.69) is 15.7 Å². The van der Waals surface area contributed by atoms with Crippen LogP contribution in [0.25, 0.3) is 0 Å². The molecule has 0 saturated carbocycles. The highest BCUT2D eigenvalue weighted by molar-refractivity contribution is 5.85. The van der Waals surface area contributed by atoms with E-state index in [9.17, 15) is 4.79 Å². The highest BCUT2D eigenvalue weighted by Gasteiger charge is 2.00. The second-order valence-electron chi connectivity index (χ2n) is 4.35. The number of benzene rings is 1. The van der Waals surface area contributed by atoms with Gasteiger partial charge in [-0.2, -0.15) is 5.10 Å². The molecule has 1 heterocycles. The van der Waals surface area contributed by atoms with Crippen molar-refractivity contribution in [2.45, 2.75) is 13.5 Å². The van der Waals surface area contributed by atoms with E-state index in [1.807, 2.05) is 48.1 Å². The summed E-state index contributed by atoms with van der Waals surface area (Å²) in [7, 11) is 0. The molecule has 2 N–H and O–H groups in total. The summed E-state index contributed by atoms with van der Waals surface area (Å²) in [5.74, 6) is -0.0206. The smallest absolute Gasteiger partial charge is 0.239 e. The monoisotopic (exact) mass is 294 g/mol. The van der Waals surface area contributed by atoms with E-state index < -0.39 is 0 Å². The Kier molecular flexibility index (Phi) is 6.59. The maximum atomic E-state index is 11.6. The SMILES string of the molecule is Cc1cnn(CCNC(=O)CNc2ccccc2)c1.Cl. The zero-order chi connectivity index (χ0) is 13.5. The normalized spacial score (nSPS) is 9.65. The molecule has 1 aromatic carbocycles. The Morgan fingerprint density at radius 2 is 2.05 bits per heavy atom. The summed E-state index contributed by atoms with van der Waals surface area (Å²) in [5, 5.41) is 10.1. The number of hydrogen-bond donors (Lipinski definition) is 2. The van der Waals surface area contributed by atoms with Crippen LogP contribution in [-0.2, 0) is 11.3 Å². The summed E-state index contributed by atoms with van der Waals surface area (Å²) in [6, 6.07) is 9.66. The molecule has 0 unspecified atom stereocenters. The van der Waals surface area contributed by atoms with E-state index in [1.165, 1.54) is 0 Å². The number of amides is 1. The highest BCUT2D eigenvalue weighted by atomic mass is 35.5. The van der Waals surface area contributed by atoms with Crippen molar-refractivity contribution < 1.29 is 4.79 Å². The zero-order valence-corrected chi connectivity index (χ0v) is 12.2. The van der Waals surface area contributed by atoms with Gasteiger partial charge in [0, 0.05) is 18.4 Å². The molecule has 0 bridgehead atoms. The average molecular weight is 295 g/mol. The van der Waals surface area contributed by atoms with Gasteiger partial charge in [-0.25, -0.2) is 0 Å². The van der Waals surface area contributed by atoms with E-state index in [0.717, 1.165) is 11.3 Å². The third kappa shape index (κ3) is 5.32. The quantitative estimate of drug-likeness (QED) is 0.855. The van der Waals surface area contributed by atoms with Crippen LogP contribution >= 0.6 is 12.4 Å². The van der Waals surface area contributed by atoms with Crippen molar-refractivity contribution in [3.63, 3.8) is 0 Å². The number of halogens is 1. The standard InChI is InChI=1S/C14H18N4O.ClH/c1-12-9-17-18(11-12)8-7-15-14(19)10-16-13-5-3-2-4-6-13;/h2-6,9,11,16H,7-8,10H2,1H3,(H,15,19);1H. The lowest BCUT2D eigenvalue weighted by Crippen LogP contribution is -2.32. The van der Waals surface area contributed by atoms with Crippen LogP contribution in [-0.4, -0.2) is 28.8 Å². The molecular formula is C14H19ClN4O. The summed E-state index contributed by atoms with van der Waals surface area (Å²) in [4.78, 5) is 11.6. The number of para-hydroxylation sites is 1. The van der Waals surface area contributed by atoms with Gasteiger partial charge in [-0.15, -0.1) is 12.4 Å². The van der Waals surface area contributed by atoms with Gasteiger partial charge in [-0.3, -0.25) is 9.48 Å². The molecular weight excluding hydrogens is 276 g/mol. The maximum Gasteiger partial charge on any atom is 0.239 e. The molecule has 5 nitrogen and oxygen atoms in total. The molecule has 0 spiro atoms.